The lowest BCUT2D eigenvalue weighted by molar-refractivity contribution is -0.0477. The van der Waals surface area contributed by atoms with Crippen molar-refractivity contribution in [2.24, 2.45) is 0 Å². The minimum absolute atomic E-state index is 0.196. The van der Waals surface area contributed by atoms with Crippen LogP contribution >= 0.6 is 0 Å². The number of hydrogen-bond donors (Lipinski definition) is 1. The van der Waals surface area contributed by atoms with Crippen LogP contribution in [0.5, 0.6) is 0 Å². The zero-order chi connectivity index (χ0) is 9.15. The molecule has 0 radical (unpaired) electrons. The molecule has 0 aromatic carbocycles. The fraction of sp³-hybridized carbons (Fsp3) is 0.800. The van der Waals surface area contributed by atoms with E-state index in [1.165, 1.54) is 11.1 Å². The van der Waals surface area contributed by atoms with Crippen molar-refractivity contribution in [3.8, 4) is 0 Å². The summed E-state index contributed by atoms with van der Waals surface area (Å²) in [6, 6.07) is 0. The largest absolute Gasteiger partial charge is 0.390 e. The van der Waals surface area contributed by atoms with E-state index < -0.39 is 5.60 Å². The van der Waals surface area contributed by atoms with Gasteiger partial charge < -0.3 is 9.84 Å². The van der Waals surface area contributed by atoms with Gasteiger partial charge in [-0.3, -0.25) is 0 Å². The summed E-state index contributed by atoms with van der Waals surface area (Å²) >= 11 is 0. The lowest BCUT2D eigenvalue weighted by Crippen LogP contribution is -2.36. The van der Waals surface area contributed by atoms with Gasteiger partial charge in [-0.1, -0.05) is 0 Å². The summed E-state index contributed by atoms with van der Waals surface area (Å²) < 4.78 is 5.86. The van der Waals surface area contributed by atoms with Crippen LogP contribution in [-0.2, 0) is 4.74 Å². The van der Waals surface area contributed by atoms with Crippen LogP contribution in [0.1, 0.15) is 34.1 Å². The molecule has 3 unspecified atom stereocenters. The Balaban J connectivity index is 2.54. The summed E-state index contributed by atoms with van der Waals surface area (Å²) in [5.74, 6) is 0. The van der Waals surface area contributed by atoms with Crippen LogP contribution < -0.4 is 0 Å². The van der Waals surface area contributed by atoms with Gasteiger partial charge in [0.15, 0.2) is 0 Å². The summed E-state index contributed by atoms with van der Waals surface area (Å²) in [7, 11) is 0. The van der Waals surface area contributed by atoms with Gasteiger partial charge in [-0.15, -0.1) is 0 Å². The molecule has 0 saturated carbocycles. The number of hydrogen-bond acceptors (Lipinski definition) is 2. The minimum Gasteiger partial charge on any atom is -0.390 e. The molecule has 2 heteroatoms. The molecule has 0 spiro atoms. The molecule has 2 bridgehead atoms. The van der Waals surface area contributed by atoms with Gasteiger partial charge in [0.1, 0.15) is 5.60 Å². The van der Waals surface area contributed by atoms with E-state index in [2.05, 4.69) is 20.8 Å². The highest BCUT2D eigenvalue weighted by molar-refractivity contribution is 5.39. The first-order chi connectivity index (χ1) is 5.40. The molecule has 68 valence electrons. The second-order valence-electron chi connectivity index (χ2n) is 4.41. The molecular weight excluding hydrogens is 152 g/mol. The van der Waals surface area contributed by atoms with Gasteiger partial charge in [0, 0.05) is 6.42 Å². The van der Waals surface area contributed by atoms with Crippen molar-refractivity contribution in [3.05, 3.63) is 11.1 Å². The summed E-state index contributed by atoms with van der Waals surface area (Å²) in [5.41, 5.74) is 1.91. The fourth-order valence-corrected chi connectivity index (χ4v) is 2.47. The van der Waals surface area contributed by atoms with Gasteiger partial charge in [-0.05, 0) is 38.8 Å². The van der Waals surface area contributed by atoms with Crippen molar-refractivity contribution in [3.63, 3.8) is 0 Å². The molecular formula is C10H16O2. The van der Waals surface area contributed by atoms with Crippen molar-refractivity contribution in [2.45, 2.75) is 51.4 Å². The normalized spacial score (nSPS) is 52.2. The summed E-state index contributed by atoms with van der Waals surface area (Å²) in [4.78, 5) is 0. The van der Waals surface area contributed by atoms with Crippen molar-refractivity contribution in [2.75, 3.05) is 0 Å². The van der Waals surface area contributed by atoms with Gasteiger partial charge in [-0.25, -0.2) is 0 Å². The number of aliphatic hydroxyl groups excluding tert-OH is 1. The Morgan fingerprint density at radius 2 is 1.92 bits per heavy atom. The predicted octanol–water partition coefficient (Wildman–Crippen LogP) is 1.64. The Morgan fingerprint density at radius 3 is 2.25 bits per heavy atom. The maximum absolute atomic E-state index is 9.77. The van der Waals surface area contributed by atoms with Crippen LogP contribution in [0.25, 0.3) is 0 Å². The Morgan fingerprint density at radius 1 is 1.33 bits per heavy atom. The first-order valence-corrected chi connectivity index (χ1v) is 4.47. The molecule has 0 aromatic heterocycles. The maximum Gasteiger partial charge on any atom is 0.113 e. The topological polar surface area (TPSA) is 29.5 Å². The highest BCUT2D eigenvalue weighted by atomic mass is 16.6. The third kappa shape index (κ3) is 0.679. The molecule has 2 aliphatic rings. The monoisotopic (exact) mass is 168 g/mol. The highest BCUT2D eigenvalue weighted by Crippen LogP contribution is 2.53. The molecule has 0 aliphatic carbocycles. The van der Waals surface area contributed by atoms with Gasteiger partial charge in [0.2, 0.25) is 0 Å². The molecule has 1 fully saturated rings. The molecule has 2 rings (SSSR count). The second-order valence-corrected chi connectivity index (χ2v) is 4.41. The van der Waals surface area contributed by atoms with E-state index in [0.29, 0.717) is 0 Å². The van der Waals surface area contributed by atoms with Crippen LogP contribution in [0, 0.1) is 0 Å². The summed E-state index contributed by atoms with van der Waals surface area (Å²) in [6.07, 6.45) is 0.415. The Kier molecular flexibility index (Phi) is 1.33. The lowest BCUT2D eigenvalue weighted by atomic mass is 9.78. The Hall–Kier alpha value is -0.340. The molecule has 12 heavy (non-hydrogen) atoms. The number of fused-ring (bicyclic) bond motifs is 2. The van der Waals surface area contributed by atoms with Crippen LogP contribution in [0.2, 0.25) is 0 Å². The summed E-state index contributed by atoms with van der Waals surface area (Å²) in [5, 5.41) is 9.77. The van der Waals surface area contributed by atoms with Crippen molar-refractivity contribution in [1.29, 1.82) is 0 Å². The zero-order valence-corrected chi connectivity index (χ0v) is 8.14. The highest BCUT2D eigenvalue weighted by Gasteiger charge is 2.58. The number of aliphatic hydroxyl groups is 1. The quantitative estimate of drug-likeness (QED) is 0.557. The van der Waals surface area contributed by atoms with E-state index in [-0.39, 0.29) is 11.7 Å². The first kappa shape index (κ1) is 8.27. The third-order valence-electron chi connectivity index (χ3n) is 3.76. The standard InChI is InChI=1S/C10H16O2/c1-6-7(2)10(4)8(11)5-9(6,3)12-10/h8,11H,5H2,1-4H3. The zero-order valence-electron chi connectivity index (χ0n) is 8.14. The molecule has 2 aliphatic heterocycles. The molecule has 1 N–H and O–H groups in total. The van der Waals surface area contributed by atoms with E-state index in [0.717, 1.165) is 6.42 Å². The first-order valence-electron chi connectivity index (χ1n) is 4.47. The van der Waals surface area contributed by atoms with E-state index in [1.807, 2.05) is 6.92 Å². The average molecular weight is 168 g/mol. The van der Waals surface area contributed by atoms with Crippen molar-refractivity contribution >= 4 is 0 Å². The molecule has 0 amide bonds. The van der Waals surface area contributed by atoms with Crippen LogP contribution in [0.3, 0.4) is 0 Å². The summed E-state index contributed by atoms with van der Waals surface area (Å²) in [6.45, 7) is 8.21. The van der Waals surface area contributed by atoms with Crippen LogP contribution in [0.4, 0.5) is 0 Å². The molecule has 2 nitrogen and oxygen atoms in total. The second kappa shape index (κ2) is 1.94. The lowest BCUT2D eigenvalue weighted by Gasteiger charge is -2.27. The fourth-order valence-electron chi connectivity index (χ4n) is 2.47. The number of rotatable bonds is 0. The van der Waals surface area contributed by atoms with Crippen LogP contribution in [0.15, 0.2) is 11.1 Å². The Bertz CT molecular complexity index is 269. The van der Waals surface area contributed by atoms with Crippen LogP contribution in [-0.4, -0.2) is 22.4 Å². The van der Waals surface area contributed by atoms with Crippen molar-refractivity contribution in [1.82, 2.24) is 0 Å². The average Bonchev–Trinajstić information content (AvgIpc) is 2.29. The van der Waals surface area contributed by atoms with Gasteiger partial charge in [0.05, 0.1) is 11.7 Å². The van der Waals surface area contributed by atoms with E-state index in [4.69, 9.17) is 4.74 Å². The molecule has 0 aromatic rings. The van der Waals surface area contributed by atoms with E-state index >= 15 is 0 Å². The number of ether oxygens (including phenoxy) is 1. The smallest absolute Gasteiger partial charge is 0.113 e. The predicted molar refractivity (Wildman–Crippen MR) is 46.9 cm³/mol. The molecule has 3 atom stereocenters. The minimum atomic E-state index is -0.404. The molecule has 1 saturated heterocycles. The SMILES string of the molecule is CC1=C(C)C2(C)OC1(C)CC2O. The Labute approximate surface area is 73.2 Å². The van der Waals surface area contributed by atoms with Gasteiger partial charge >= 0.3 is 0 Å². The molecule has 2 heterocycles. The van der Waals surface area contributed by atoms with Gasteiger partial charge in [0.25, 0.3) is 0 Å². The third-order valence-corrected chi connectivity index (χ3v) is 3.76. The maximum atomic E-state index is 9.77. The van der Waals surface area contributed by atoms with Gasteiger partial charge in [-0.2, -0.15) is 0 Å². The van der Waals surface area contributed by atoms with Crippen molar-refractivity contribution < 1.29 is 9.84 Å². The van der Waals surface area contributed by atoms with E-state index in [9.17, 15) is 5.11 Å². The van der Waals surface area contributed by atoms with E-state index in [1.54, 1.807) is 0 Å².